The normalized spacial score (nSPS) is 33.4. The van der Waals surface area contributed by atoms with Crippen molar-refractivity contribution in [3.8, 4) is 0 Å². The van der Waals surface area contributed by atoms with Crippen LogP contribution in [0.2, 0.25) is 0 Å². The predicted molar refractivity (Wildman–Crippen MR) is 273 cm³/mol. The van der Waals surface area contributed by atoms with Crippen molar-refractivity contribution in [1.29, 1.82) is 0 Å². The Labute approximate surface area is 395 Å². The number of hydrogen-bond acceptors (Lipinski definition) is 1. The highest BCUT2D eigenvalue weighted by Crippen LogP contribution is 2.58. The first-order valence-electron chi connectivity index (χ1n) is 27.3. The van der Waals surface area contributed by atoms with E-state index in [1.54, 1.807) is 87.3 Å². The molecule has 65 heavy (non-hydrogen) atoms. The van der Waals surface area contributed by atoms with Gasteiger partial charge in [0, 0.05) is 0 Å². The molecule has 6 saturated carbocycles. The van der Waals surface area contributed by atoms with Gasteiger partial charge in [0.15, 0.2) is 0 Å². The molecule has 0 aromatic heterocycles. The van der Waals surface area contributed by atoms with E-state index in [2.05, 4.69) is 133 Å². The van der Waals surface area contributed by atoms with Gasteiger partial charge in [0.25, 0.3) is 0 Å². The first-order valence-corrected chi connectivity index (χ1v) is 27.3. The summed E-state index contributed by atoms with van der Waals surface area (Å²) in [5.74, 6) is 11.6. The summed E-state index contributed by atoms with van der Waals surface area (Å²) in [6.45, 7) is 0.897. The van der Waals surface area contributed by atoms with Gasteiger partial charge in [-0.05, 0) is 196 Å². The first kappa shape index (κ1) is 45.1. The van der Waals surface area contributed by atoms with Crippen LogP contribution >= 0.6 is 0 Å². The molecule has 4 aromatic rings. The largest absolute Gasteiger partial charge is 0.378 e. The maximum absolute atomic E-state index is 6.07. The highest BCUT2D eigenvalue weighted by Gasteiger charge is 2.48. The minimum atomic E-state index is 0.560. The lowest BCUT2D eigenvalue weighted by atomic mass is 9.54. The molecule has 11 unspecified atom stereocenters. The Balaban J connectivity index is 0.000000103. The van der Waals surface area contributed by atoms with E-state index in [0.717, 1.165) is 60.9 Å². The molecule has 0 amide bonds. The van der Waals surface area contributed by atoms with Crippen LogP contribution in [0.3, 0.4) is 0 Å². The molecule has 9 aliphatic rings. The van der Waals surface area contributed by atoms with Gasteiger partial charge in [-0.15, -0.1) is 0 Å². The topological polar surface area (TPSA) is 9.23 Å². The predicted octanol–water partition coefficient (Wildman–Crippen LogP) is 16.4. The summed E-state index contributed by atoms with van der Waals surface area (Å²) in [5.41, 5.74) is 9.05. The molecule has 1 nitrogen and oxygen atoms in total. The van der Waals surface area contributed by atoms with E-state index in [-0.39, 0.29) is 0 Å². The molecule has 0 saturated heterocycles. The van der Waals surface area contributed by atoms with E-state index < -0.39 is 0 Å². The Morgan fingerprint density at radius 2 is 1.02 bits per heavy atom. The highest BCUT2D eigenvalue weighted by molar-refractivity contribution is 5.38. The molecule has 1 heteroatoms. The third-order valence-corrected chi connectivity index (χ3v) is 18.7. The monoisotopic (exact) mass is 867 g/mol. The zero-order valence-corrected chi connectivity index (χ0v) is 40.0. The summed E-state index contributed by atoms with van der Waals surface area (Å²) in [6.07, 6.45) is 41.1. The fourth-order valence-electron chi connectivity index (χ4n) is 15.6. The van der Waals surface area contributed by atoms with Crippen molar-refractivity contribution < 1.29 is 4.74 Å². The molecular weight excluding hydrogens is 785 g/mol. The van der Waals surface area contributed by atoms with E-state index in [4.69, 9.17) is 4.74 Å². The fraction of sp³-hybridized carbons (Fsp3) is 0.562. The molecule has 6 fully saturated rings. The van der Waals surface area contributed by atoms with Crippen LogP contribution in [0.4, 0.5) is 0 Å². The minimum absolute atomic E-state index is 0.560. The van der Waals surface area contributed by atoms with E-state index in [0.29, 0.717) is 6.10 Å². The third-order valence-electron chi connectivity index (χ3n) is 18.7. The Bertz CT molecular complexity index is 2050. The van der Waals surface area contributed by atoms with Gasteiger partial charge < -0.3 is 4.74 Å². The quantitative estimate of drug-likeness (QED) is 0.176. The zero-order valence-electron chi connectivity index (χ0n) is 40.0. The van der Waals surface area contributed by atoms with Crippen LogP contribution in [0, 0.1) is 65.1 Å². The SMILES string of the molecule is C1=CCC2CC3Cc4ccccc4CC3=CC2C1.C1CCC2C(C1)CCC1C3CCCC3CCC21.c1ccc(CCOC2CC3CCC(C3)C2)cc1.c1ccc(Cc2ccccc2)cc1. The van der Waals surface area contributed by atoms with Crippen LogP contribution in [0.25, 0.3) is 0 Å². The minimum Gasteiger partial charge on any atom is -0.378 e. The van der Waals surface area contributed by atoms with Crippen molar-refractivity contribution >= 4 is 0 Å². The van der Waals surface area contributed by atoms with E-state index in [1.165, 1.54) is 105 Å². The molecule has 344 valence electrons. The van der Waals surface area contributed by atoms with Gasteiger partial charge in [0.05, 0.1) is 12.7 Å². The summed E-state index contributed by atoms with van der Waals surface area (Å²) in [4.78, 5) is 0. The number of hydrogen-bond donors (Lipinski definition) is 0. The molecule has 0 N–H and O–H groups in total. The lowest BCUT2D eigenvalue weighted by Crippen LogP contribution is -2.43. The number of ether oxygens (including phenoxy) is 1. The van der Waals surface area contributed by atoms with Crippen LogP contribution in [-0.2, 0) is 30.4 Å². The standard InChI is InChI=1S/C18H20.C17H28.C16H22O.C13H12/c1-2-6-14-10-18-12-16-8-4-3-7-15(16)11-17(18)9-13(14)5-1;1-2-6-14-12(4-1)8-10-17-15-7-3-5-13(15)9-11-16(14)17;1-2-4-13(5-3-1)8-9-17-16-11-14-6-7-15(10-14)12-16;1-3-7-12(8-4-1)11-13-9-5-2-6-10-13/h1-6,11,15-16,18H,7-10,12H2;12-17H,1-11H2;1-5,14-16H,6-12H2;1-10H,11H2. The van der Waals surface area contributed by atoms with Crippen molar-refractivity contribution in [2.24, 2.45) is 65.1 Å². The molecule has 0 heterocycles. The number of fused-ring (bicyclic) bond motifs is 10. The second-order valence-electron chi connectivity index (χ2n) is 22.6. The molecule has 0 spiro atoms. The Morgan fingerprint density at radius 3 is 1.69 bits per heavy atom. The van der Waals surface area contributed by atoms with Gasteiger partial charge in [-0.2, -0.15) is 0 Å². The Kier molecular flexibility index (Phi) is 15.6. The molecular formula is C64H82O. The second-order valence-corrected chi connectivity index (χ2v) is 22.6. The van der Waals surface area contributed by atoms with Crippen molar-refractivity contribution in [2.75, 3.05) is 6.61 Å². The number of rotatable bonds is 6. The fourth-order valence-corrected chi connectivity index (χ4v) is 15.6. The second kappa shape index (κ2) is 22.4. The van der Waals surface area contributed by atoms with Gasteiger partial charge in [-0.1, -0.05) is 184 Å². The van der Waals surface area contributed by atoms with E-state index in [1.807, 2.05) is 0 Å². The van der Waals surface area contributed by atoms with E-state index in [9.17, 15) is 0 Å². The smallest absolute Gasteiger partial charge is 0.0580 e. The number of allylic oxidation sites excluding steroid dienone is 4. The first-order chi connectivity index (χ1) is 32.2. The third kappa shape index (κ3) is 11.7. The number of benzene rings is 4. The summed E-state index contributed by atoms with van der Waals surface area (Å²) < 4.78 is 6.07. The van der Waals surface area contributed by atoms with Crippen molar-refractivity contribution in [1.82, 2.24) is 0 Å². The van der Waals surface area contributed by atoms with Gasteiger partial charge in [0.2, 0.25) is 0 Å². The summed E-state index contributed by atoms with van der Waals surface area (Å²) in [6, 6.07) is 40.8. The van der Waals surface area contributed by atoms with Crippen molar-refractivity contribution in [2.45, 2.75) is 154 Å². The summed E-state index contributed by atoms with van der Waals surface area (Å²) in [5, 5.41) is 0. The maximum atomic E-state index is 6.07. The zero-order chi connectivity index (χ0) is 43.6. The maximum Gasteiger partial charge on any atom is 0.0580 e. The highest BCUT2D eigenvalue weighted by atomic mass is 16.5. The van der Waals surface area contributed by atoms with Crippen LogP contribution < -0.4 is 0 Å². The van der Waals surface area contributed by atoms with E-state index >= 15 is 0 Å². The van der Waals surface area contributed by atoms with Gasteiger partial charge in [-0.3, -0.25) is 0 Å². The summed E-state index contributed by atoms with van der Waals surface area (Å²) >= 11 is 0. The van der Waals surface area contributed by atoms with Gasteiger partial charge in [0.1, 0.15) is 0 Å². The molecule has 0 aliphatic heterocycles. The molecule has 13 rings (SSSR count). The lowest BCUT2D eigenvalue weighted by Gasteiger charge is -2.51. The van der Waals surface area contributed by atoms with Crippen LogP contribution in [0.5, 0.6) is 0 Å². The molecule has 0 radical (unpaired) electrons. The molecule has 9 aliphatic carbocycles. The Hall–Kier alpha value is -3.68. The van der Waals surface area contributed by atoms with Crippen molar-refractivity contribution in [3.63, 3.8) is 0 Å². The molecule has 11 atom stereocenters. The molecule has 2 bridgehead atoms. The van der Waals surface area contributed by atoms with Gasteiger partial charge in [-0.25, -0.2) is 0 Å². The average Bonchev–Trinajstić information content (AvgIpc) is 3.99. The lowest BCUT2D eigenvalue weighted by molar-refractivity contribution is -0.0184. The van der Waals surface area contributed by atoms with Gasteiger partial charge >= 0.3 is 0 Å². The van der Waals surface area contributed by atoms with Crippen molar-refractivity contribution in [3.05, 3.63) is 167 Å². The van der Waals surface area contributed by atoms with Crippen LogP contribution in [0.15, 0.2) is 139 Å². The van der Waals surface area contributed by atoms with Crippen LogP contribution in [0.1, 0.15) is 150 Å². The Morgan fingerprint density at radius 1 is 0.446 bits per heavy atom. The summed E-state index contributed by atoms with van der Waals surface area (Å²) in [7, 11) is 0. The van der Waals surface area contributed by atoms with Crippen LogP contribution in [-0.4, -0.2) is 12.7 Å². The molecule has 4 aromatic carbocycles. The average molecular weight is 867 g/mol.